The molecule has 0 bridgehead atoms. The van der Waals surface area contributed by atoms with Gasteiger partial charge in [-0.05, 0) is 38.0 Å². The zero-order valence-electron chi connectivity index (χ0n) is 11.5. The summed E-state index contributed by atoms with van der Waals surface area (Å²) in [6.07, 6.45) is 2.25. The van der Waals surface area contributed by atoms with Crippen molar-refractivity contribution in [3.63, 3.8) is 0 Å². The smallest absolute Gasteiger partial charge is 0.311 e. The van der Waals surface area contributed by atoms with E-state index in [1.54, 1.807) is 0 Å². The summed E-state index contributed by atoms with van der Waals surface area (Å²) in [5, 5.41) is 0. The zero-order valence-corrected chi connectivity index (χ0v) is 11.5. The topological polar surface area (TPSA) is 26.3 Å². The third-order valence-electron chi connectivity index (χ3n) is 4.52. The molecule has 2 nitrogen and oxygen atoms in total. The Morgan fingerprint density at radius 3 is 2.25 bits per heavy atom. The van der Waals surface area contributed by atoms with E-state index >= 15 is 0 Å². The Balaban J connectivity index is 3.11. The largest absolute Gasteiger partial charge is 0.469 e. The molecule has 1 rings (SSSR count). The minimum atomic E-state index is -0.454. The number of carbonyl (C=O) groups is 1. The van der Waals surface area contributed by atoms with Crippen LogP contribution >= 0.6 is 0 Å². The molecule has 0 radical (unpaired) electrons. The van der Waals surface area contributed by atoms with Crippen molar-refractivity contribution in [2.75, 3.05) is 7.11 Å². The monoisotopic (exact) mass is 224 g/mol. The molecule has 0 N–H and O–H groups in total. The van der Waals surface area contributed by atoms with Gasteiger partial charge < -0.3 is 4.74 Å². The maximum Gasteiger partial charge on any atom is 0.311 e. The van der Waals surface area contributed by atoms with Gasteiger partial charge >= 0.3 is 5.97 Å². The molecule has 1 aliphatic rings. The first-order chi connectivity index (χ1) is 7.15. The molecule has 0 saturated heterocycles. The van der Waals surface area contributed by atoms with E-state index in [-0.39, 0.29) is 17.3 Å². The van der Waals surface area contributed by atoms with Crippen LogP contribution in [0.15, 0.2) is 11.6 Å². The molecule has 0 aromatic rings. The fraction of sp³-hybridized carbons (Fsp3) is 0.786. The predicted octanol–water partition coefficient (Wildman–Crippen LogP) is 3.42. The number of hydrogen-bond acceptors (Lipinski definition) is 2. The van der Waals surface area contributed by atoms with Crippen molar-refractivity contribution in [1.29, 1.82) is 0 Å². The number of rotatable bonds is 2. The number of ether oxygens (including phenoxy) is 1. The zero-order chi connectivity index (χ0) is 12.7. The van der Waals surface area contributed by atoms with E-state index in [4.69, 9.17) is 4.74 Å². The van der Waals surface area contributed by atoms with Gasteiger partial charge in [0.1, 0.15) is 0 Å². The van der Waals surface area contributed by atoms with Crippen LogP contribution in [-0.2, 0) is 9.53 Å². The standard InChI is InChI=1S/C14H24O2/c1-9-8-11(13(3,4)10(9)2)14(5,6)12(15)16-7/h8,10-11H,1-7H3/t10-,11-/m1/s1. The van der Waals surface area contributed by atoms with E-state index in [9.17, 15) is 4.79 Å². The number of hydrogen-bond donors (Lipinski definition) is 0. The lowest BCUT2D eigenvalue weighted by Gasteiger charge is -2.40. The summed E-state index contributed by atoms with van der Waals surface area (Å²) >= 11 is 0. The van der Waals surface area contributed by atoms with Gasteiger partial charge in [-0.25, -0.2) is 0 Å². The minimum absolute atomic E-state index is 0.113. The first kappa shape index (κ1) is 13.3. The van der Waals surface area contributed by atoms with Crippen molar-refractivity contribution in [2.24, 2.45) is 22.7 Å². The first-order valence-electron chi connectivity index (χ1n) is 5.92. The van der Waals surface area contributed by atoms with Gasteiger partial charge in [0.2, 0.25) is 0 Å². The maximum atomic E-state index is 11.9. The number of carbonyl (C=O) groups excluding carboxylic acids is 1. The van der Waals surface area contributed by atoms with Crippen molar-refractivity contribution in [3.05, 3.63) is 11.6 Å². The Morgan fingerprint density at radius 2 is 1.94 bits per heavy atom. The fourth-order valence-electron chi connectivity index (χ4n) is 3.01. The van der Waals surface area contributed by atoms with E-state index < -0.39 is 5.41 Å². The highest BCUT2D eigenvalue weighted by Gasteiger charge is 2.50. The van der Waals surface area contributed by atoms with Crippen LogP contribution < -0.4 is 0 Å². The molecule has 0 heterocycles. The Kier molecular flexibility index (Phi) is 3.24. The second-order valence-electron chi connectivity index (χ2n) is 6.14. The Labute approximate surface area is 99.1 Å². The van der Waals surface area contributed by atoms with Crippen LogP contribution in [0.3, 0.4) is 0 Å². The van der Waals surface area contributed by atoms with Crippen molar-refractivity contribution in [3.8, 4) is 0 Å². The SMILES string of the molecule is COC(=O)C(C)(C)[C@@H]1C=C(C)[C@@H](C)C1(C)C. The Hall–Kier alpha value is -0.790. The summed E-state index contributed by atoms with van der Waals surface area (Å²) in [5.41, 5.74) is 1.04. The molecule has 2 heteroatoms. The predicted molar refractivity (Wildman–Crippen MR) is 66.0 cm³/mol. The lowest BCUT2D eigenvalue weighted by Crippen LogP contribution is -2.41. The molecule has 0 aliphatic heterocycles. The van der Waals surface area contributed by atoms with Crippen molar-refractivity contribution >= 4 is 5.97 Å². The molecule has 0 aromatic heterocycles. The van der Waals surface area contributed by atoms with E-state index in [2.05, 4.69) is 33.8 Å². The van der Waals surface area contributed by atoms with Crippen LogP contribution in [-0.4, -0.2) is 13.1 Å². The van der Waals surface area contributed by atoms with Crippen LogP contribution in [0.5, 0.6) is 0 Å². The summed E-state index contributed by atoms with van der Waals surface area (Å²) in [4.78, 5) is 11.9. The van der Waals surface area contributed by atoms with Crippen LogP contribution in [0, 0.1) is 22.7 Å². The van der Waals surface area contributed by atoms with E-state index in [0.29, 0.717) is 5.92 Å². The maximum absolute atomic E-state index is 11.9. The van der Waals surface area contributed by atoms with Crippen molar-refractivity contribution in [1.82, 2.24) is 0 Å². The van der Waals surface area contributed by atoms with Crippen LogP contribution in [0.1, 0.15) is 41.5 Å². The molecule has 0 unspecified atom stereocenters. The normalized spacial score (nSPS) is 28.8. The molecule has 0 saturated carbocycles. The molecule has 16 heavy (non-hydrogen) atoms. The average Bonchev–Trinajstić information content (AvgIpc) is 2.41. The molecule has 0 aromatic carbocycles. The summed E-state index contributed by atoms with van der Waals surface area (Å²) in [5.74, 6) is 0.632. The third kappa shape index (κ3) is 1.79. The van der Waals surface area contributed by atoms with Gasteiger partial charge in [0.15, 0.2) is 0 Å². The van der Waals surface area contributed by atoms with Crippen LogP contribution in [0.2, 0.25) is 0 Å². The van der Waals surface area contributed by atoms with Crippen LogP contribution in [0.25, 0.3) is 0 Å². The van der Waals surface area contributed by atoms with Crippen LogP contribution in [0.4, 0.5) is 0 Å². The molecule has 92 valence electrons. The van der Waals surface area contributed by atoms with Gasteiger partial charge in [-0.1, -0.05) is 32.4 Å². The fourth-order valence-corrected chi connectivity index (χ4v) is 3.01. The second-order valence-corrected chi connectivity index (χ2v) is 6.14. The molecule has 0 spiro atoms. The first-order valence-corrected chi connectivity index (χ1v) is 5.92. The molecular weight excluding hydrogens is 200 g/mol. The summed E-state index contributed by atoms with van der Waals surface area (Å²) in [6, 6.07) is 0. The van der Waals surface area contributed by atoms with Gasteiger partial charge in [-0.3, -0.25) is 4.79 Å². The summed E-state index contributed by atoms with van der Waals surface area (Å²) < 4.78 is 4.92. The Bertz CT molecular complexity index is 324. The minimum Gasteiger partial charge on any atom is -0.469 e. The lowest BCUT2D eigenvalue weighted by atomic mass is 9.64. The molecular formula is C14H24O2. The highest BCUT2D eigenvalue weighted by atomic mass is 16.5. The van der Waals surface area contributed by atoms with Gasteiger partial charge in [0, 0.05) is 0 Å². The summed E-state index contributed by atoms with van der Waals surface area (Å²) in [7, 11) is 1.46. The number of methoxy groups -OCH3 is 1. The van der Waals surface area contributed by atoms with Gasteiger partial charge in [-0.2, -0.15) is 0 Å². The number of allylic oxidation sites excluding steroid dienone is 2. The van der Waals surface area contributed by atoms with Crippen molar-refractivity contribution < 1.29 is 9.53 Å². The lowest BCUT2D eigenvalue weighted by molar-refractivity contribution is -0.155. The molecule has 0 amide bonds. The van der Waals surface area contributed by atoms with E-state index in [1.807, 2.05) is 13.8 Å². The number of esters is 1. The van der Waals surface area contributed by atoms with Crippen molar-refractivity contribution in [2.45, 2.75) is 41.5 Å². The van der Waals surface area contributed by atoms with Gasteiger partial charge in [0.05, 0.1) is 12.5 Å². The highest BCUT2D eigenvalue weighted by molar-refractivity contribution is 5.76. The van der Waals surface area contributed by atoms with Gasteiger partial charge in [0.25, 0.3) is 0 Å². The average molecular weight is 224 g/mol. The Morgan fingerprint density at radius 1 is 1.44 bits per heavy atom. The molecule has 0 fully saturated rings. The molecule has 1 aliphatic carbocycles. The third-order valence-corrected chi connectivity index (χ3v) is 4.52. The second kappa shape index (κ2) is 3.90. The van der Waals surface area contributed by atoms with E-state index in [0.717, 1.165) is 0 Å². The highest BCUT2D eigenvalue weighted by Crippen LogP contribution is 2.53. The summed E-state index contributed by atoms with van der Waals surface area (Å²) in [6.45, 7) is 12.8. The quantitative estimate of drug-likeness (QED) is 0.530. The van der Waals surface area contributed by atoms with Gasteiger partial charge in [-0.15, -0.1) is 0 Å². The molecule has 2 atom stereocenters. The van der Waals surface area contributed by atoms with E-state index in [1.165, 1.54) is 12.7 Å².